The van der Waals surface area contributed by atoms with Crippen molar-refractivity contribution in [3.8, 4) is 0 Å². The molecule has 2 N–H and O–H groups in total. The summed E-state index contributed by atoms with van der Waals surface area (Å²) >= 11 is 0. The molecule has 1 saturated carbocycles. The lowest BCUT2D eigenvalue weighted by Crippen LogP contribution is -2.41. The van der Waals surface area contributed by atoms with E-state index >= 15 is 0 Å². The van der Waals surface area contributed by atoms with Crippen molar-refractivity contribution in [1.82, 2.24) is 15.3 Å². The quantitative estimate of drug-likeness (QED) is 0.567. The summed E-state index contributed by atoms with van der Waals surface area (Å²) < 4.78 is 5.36. The van der Waals surface area contributed by atoms with E-state index in [0.717, 1.165) is 48.0 Å². The van der Waals surface area contributed by atoms with Gasteiger partial charge in [0.2, 0.25) is 5.95 Å². The molecule has 1 aliphatic carbocycles. The highest BCUT2D eigenvalue weighted by Gasteiger charge is 2.26. The lowest BCUT2D eigenvalue weighted by atomic mass is 9.84. The highest BCUT2D eigenvalue weighted by molar-refractivity contribution is 5.90. The average molecular weight is 434 g/mol. The van der Waals surface area contributed by atoms with Gasteiger partial charge < -0.3 is 20.3 Å². The Morgan fingerprint density at radius 1 is 1.03 bits per heavy atom. The van der Waals surface area contributed by atoms with E-state index in [4.69, 9.17) is 14.7 Å². The molecule has 1 heterocycles. The van der Waals surface area contributed by atoms with Gasteiger partial charge in [-0.2, -0.15) is 4.98 Å². The number of hydrogen-bond acceptors (Lipinski definition) is 6. The van der Waals surface area contributed by atoms with Crippen molar-refractivity contribution in [2.45, 2.75) is 38.3 Å². The van der Waals surface area contributed by atoms with Gasteiger partial charge >= 0.3 is 6.09 Å². The van der Waals surface area contributed by atoms with Crippen molar-refractivity contribution < 1.29 is 9.53 Å². The van der Waals surface area contributed by atoms with Gasteiger partial charge in [0.1, 0.15) is 12.4 Å². The fraction of sp³-hybridized carbons (Fsp3) is 0.400. The number of ether oxygens (including phenoxy) is 1. The molecular weight excluding hydrogens is 402 g/mol. The van der Waals surface area contributed by atoms with Crippen LogP contribution in [0.25, 0.3) is 10.9 Å². The van der Waals surface area contributed by atoms with E-state index < -0.39 is 0 Å². The summed E-state index contributed by atoms with van der Waals surface area (Å²) in [5.41, 5.74) is 1.90. The molecule has 32 heavy (non-hydrogen) atoms. The van der Waals surface area contributed by atoms with E-state index in [1.807, 2.05) is 73.6 Å². The fourth-order valence-electron chi connectivity index (χ4n) is 4.26. The van der Waals surface area contributed by atoms with Crippen LogP contribution in [0, 0.1) is 5.92 Å². The Balaban J connectivity index is 1.39. The van der Waals surface area contributed by atoms with Crippen molar-refractivity contribution in [3.63, 3.8) is 0 Å². The first kappa shape index (κ1) is 21.9. The van der Waals surface area contributed by atoms with Crippen LogP contribution in [0.15, 0.2) is 54.6 Å². The molecule has 168 valence electrons. The van der Waals surface area contributed by atoms with E-state index in [2.05, 4.69) is 10.6 Å². The standard InChI is InChI=1S/C25H31N5O2/c1-30(2)23-20-13-7-9-15-22(20)28-24(29-23)27-21-14-8-6-12-19(21)16-26-25(31)32-17-18-10-4-3-5-11-18/h3-5,7,9-11,13,15,19,21H,6,8,12,14,16-17H2,1-2H3,(H,26,31)(H,27,28,29). The predicted octanol–water partition coefficient (Wildman–Crippen LogP) is 4.59. The van der Waals surface area contributed by atoms with Gasteiger partial charge in [0.15, 0.2) is 0 Å². The van der Waals surface area contributed by atoms with Gasteiger partial charge in [0.25, 0.3) is 0 Å². The summed E-state index contributed by atoms with van der Waals surface area (Å²) in [5, 5.41) is 7.54. The molecule has 0 aliphatic heterocycles. The number of rotatable bonds is 7. The molecule has 2 atom stereocenters. The maximum absolute atomic E-state index is 12.2. The van der Waals surface area contributed by atoms with E-state index in [0.29, 0.717) is 18.4 Å². The molecule has 1 aromatic heterocycles. The second-order valence-corrected chi connectivity index (χ2v) is 8.52. The first-order valence-electron chi connectivity index (χ1n) is 11.3. The molecule has 2 unspecified atom stereocenters. The summed E-state index contributed by atoms with van der Waals surface area (Å²) in [6, 6.07) is 18.0. The van der Waals surface area contributed by atoms with Crippen molar-refractivity contribution >= 4 is 28.8 Å². The Bertz CT molecular complexity index is 1040. The third kappa shape index (κ3) is 5.46. The number of hydrogen-bond donors (Lipinski definition) is 2. The maximum atomic E-state index is 12.2. The molecular formula is C25H31N5O2. The molecule has 0 spiro atoms. The first-order chi connectivity index (χ1) is 15.6. The third-order valence-corrected chi connectivity index (χ3v) is 5.95. The minimum atomic E-state index is -0.380. The predicted molar refractivity (Wildman–Crippen MR) is 128 cm³/mol. The van der Waals surface area contributed by atoms with Crippen molar-refractivity contribution in [1.29, 1.82) is 0 Å². The van der Waals surface area contributed by atoms with Crippen LogP contribution in [0.3, 0.4) is 0 Å². The van der Waals surface area contributed by atoms with Crippen LogP contribution in [0.1, 0.15) is 31.2 Å². The summed E-state index contributed by atoms with van der Waals surface area (Å²) in [7, 11) is 3.99. The van der Waals surface area contributed by atoms with Gasteiger partial charge in [-0.1, -0.05) is 55.3 Å². The van der Waals surface area contributed by atoms with E-state index in [1.54, 1.807) is 0 Å². The third-order valence-electron chi connectivity index (χ3n) is 5.95. The number of nitrogens with zero attached hydrogens (tertiary/aromatic N) is 3. The zero-order valence-electron chi connectivity index (χ0n) is 18.8. The zero-order valence-corrected chi connectivity index (χ0v) is 18.8. The molecule has 3 aromatic rings. The second kappa shape index (κ2) is 10.3. The van der Waals surface area contributed by atoms with Crippen LogP contribution in [-0.2, 0) is 11.3 Å². The van der Waals surface area contributed by atoms with Crippen LogP contribution in [-0.4, -0.2) is 42.7 Å². The molecule has 4 rings (SSSR count). The van der Waals surface area contributed by atoms with Crippen molar-refractivity contribution in [2.24, 2.45) is 5.92 Å². The normalized spacial score (nSPS) is 18.2. The molecule has 0 saturated heterocycles. The number of carbonyl (C=O) groups is 1. The fourth-order valence-corrected chi connectivity index (χ4v) is 4.26. The molecule has 1 fully saturated rings. The molecule has 0 bridgehead atoms. The average Bonchev–Trinajstić information content (AvgIpc) is 2.82. The number of anilines is 2. The number of para-hydroxylation sites is 1. The number of fused-ring (bicyclic) bond motifs is 1. The van der Waals surface area contributed by atoms with Gasteiger partial charge in [-0.3, -0.25) is 0 Å². The molecule has 7 heteroatoms. The minimum absolute atomic E-state index is 0.203. The smallest absolute Gasteiger partial charge is 0.407 e. The van der Waals surface area contributed by atoms with Crippen LogP contribution < -0.4 is 15.5 Å². The van der Waals surface area contributed by atoms with Crippen molar-refractivity contribution in [3.05, 3.63) is 60.2 Å². The minimum Gasteiger partial charge on any atom is -0.445 e. The topological polar surface area (TPSA) is 79.4 Å². The van der Waals surface area contributed by atoms with Crippen LogP contribution >= 0.6 is 0 Å². The van der Waals surface area contributed by atoms with Gasteiger partial charge in [0, 0.05) is 32.1 Å². The Morgan fingerprint density at radius 2 is 1.78 bits per heavy atom. The van der Waals surface area contributed by atoms with Crippen LogP contribution in [0.2, 0.25) is 0 Å². The SMILES string of the molecule is CN(C)c1nc(NC2CCCCC2CNC(=O)OCc2ccccc2)nc2ccccc12. The van der Waals surface area contributed by atoms with E-state index in [-0.39, 0.29) is 18.7 Å². The summed E-state index contributed by atoms with van der Waals surface area (Å²) in [4.78, 5) is 23.7. The number of amides is 1. The zero-order chi connectivity index (χ0) is 22.3. The van der Waals surface area contributed by atoms with E-state index in [1.165, 1.54) is 0 Å². The van der Waals surface area contributed by atoms with E-state index in [9.17, 15) is 4.79 Å². The number of benzene rings is 2. The highest BCUT2D eigenvalue weighted by Crippen LogP contribution is 2.28. The Hall–Kier alpha value is -3.35. The molecule has 7 nitrogen and oxygen atoms in total. The van der Waals surface area contributed by atoms with Gasteiger partial charge in [-0.15, -0.1) is 0 Å². The summed E-state index contributed by atoms with van der Waals surface area (Å²) in [6.45, 7) is 0.844. The lowest BCUT2D eigenvalue weighted by Gasteiger charge is -2.32. The number of carbonyl (C=O) groups excluding carboxylic acids is 1. The maximum Gasteiger partial charge on any atom is 0.407 e. The van der Waals surface area contributed by atoms with Crippen LogP contribution in [0.5, 0.6) is 0 Å². The number of aromatic nitrogens is 2. The molecule has 2 aromatic carbocycles. The monoisotopic (exact) mass is 433 g/mol. The number of alkyl carbamates (subject to hydrolysis) is 1. The number of nitrogens with one attached hydrogen (secondary N) is 2. The van der Waals surface area contributed by atoms with Crippen molar-refractivity contribution in [2.75, 3.05) is 30.9 Å². The van der Waals surface area contributed by atoms with Gasteiger partial charge in [0.05, 0.1) is 5.52 Å². The first-order valence-corrected chi connectivity index (χ1v) is 11.3. The highest BCUT2D eigenvalue weighted by atomic mass is 16.5. The second-order valence-electron chi connectivity index (χ2n) is 8.52. The molecule has 1 aliphatic rings. The summed E-state index contributed by atoms with van der Waals surface area (Å²) in [6.07, 6.45) is 4.00. The molecule has 0 radical (unpaired) electrons. The lowest BCUT2D eigenvalue weighted by molar-refractivity contribution is 0.136. The largest absolute Gasteiger partial charge is 0.445 e. The van der Waals surface area contributed by atoms with Gasteiger partial charge in [-0.05, 0) is 36.5 Å². The Labute approximate surface area is 189 Å². The van der Waals surface area contributed by atoms with Gasteiger partial charge in [-0.25, -0.2) is 9.78 Å². The Morgan fingerprint density at radius 3 is 2.59 bits per heavy atom. The van der Waals surface area contributed by atoms with Crippen LogP contribution in [0.4, 0.5) is 16.6 Å². The summed E-state index contributed by atoms with van der Waals surface area (Å²) in [5.74, 6) is 1.83. The Kier molecular flexibility index (Phi) is 7.04. The molecule has 1 amide bonds.